The Bertz CT molecular complexity index is 694. The zero-order valence-electron chi connectivity index (χ0n) is 15.3. The number of morpholine rings is 1. The molecule has 1 saturated heterocycles. The van der Waals surface area contributed by atoms with E-state index in [2.05, 4.69) is 4.90 Å². The lowest BCUT2D eigenvalue weighted by molar-refractivity contribution is -0.0107. The Morgan fingerprint density at radius 3 is 2.31 bits per heavy atom. The topological polar surface area (TPSA) is 41.9 Å². The van der Waals surface area contributed by atoms with Gasteiger partial charge in [0, 0.05) is 30.6 Å². The van der Waals surface area contributed by atoms with E-state index < -0.39 is 5.60 Å². The van der Waals surface area contributed by atoms with Crippen LogP contribution in [0.1, 0.15) is 24.0 Å². The summed E-state index contributed by atoms with van der Waals surface area (Å²) in [5, 5.41) is 12.2. The van der Waals surface area contributed by atoms with Crippen molar-refractivity contribution in [3.8, 4) is 5.75 Å². The highest BCUT2D eigenvalue weighted by Gasteiger charge is 2.36. The summed E-state index contributed by atoms with van der Waals surface area (Å²) in [6.07, 6.45) is 0. The molecule has 2 aromatic carbocycles. The van der Waals surface area contributed by atoms with Gasteiger partial charge in [0.05, 0.1) is 25.9 Å². The molecular formula is C21H26ClNO3. The summed E-state index contributed by atoms with van der Waals surface area (Å²) in [5.74, 6) is 0.687. The van der Waals surface area contributed by atoms with Gasteiger partial charge < -0.3 is 14.6 Å². The third-order valence-corrected chi connectivity index (χ3v) is 5.42. The molecule has 2 atom stereocenters. The van der Waals surface area contributed by atoms with E-state index in [1.165, 1.54) is 0 Å². The Hall–Kier alpha value is -1.59. The van der Waals surface area contributed by atoms with E-state index in [1.807, 2.05) is 55.5 Å². The molecule has 5 heteroatoms. The summed E-state index contributed by atoms with van der Waals surface area (Å²) >= 11 is 6.07. The van der Waals surface area contributed by atoms with Crippen LogP contribution in [0.4, 0.5) is 0 Å². The normalized spacial score (nSPS) is 18.9. The minimum atomic E-state index is -1.03. The quantitative estimate of drug-likeness (QED) is 0.836. The largest absolute Gasteiger partial charge is 0.497 e. The molecule has 3 rings (SSSR count). The van der Waals surface area contributed by atoms with Crippen LogP contribution < -0.4 is 4.74 Å². The molecule has 1 heterocycles. The van der Waals surface area contributed by atoms with E-state index in [9.17, 15) is 5.11 Å². The molecule has 0 amide bonds. The maximum Gasteiger partial charge on any atom is 0.118 e. The number of hydrogen-bond donors (Lipinski definition) is 1. The number of rotatable bonds is 6. The van der Waals surface area contributed by atoms with E-state index in [-0.39, 0.29) is 5.92 Å². The number of halogens is 1. The number of methoxy groups -OCH3 is 1. The molecule has 1 N–H and O–H groups in total. The molecule has 140 valence electrons. The van der Waals surface area contributed by atoms with Crippen molar-refractivity contribution in [1.29, 1.82) is 0 Å². The van der Waals surface area contributed by atoms with Crippen LogP contribution in [-0.2, 0) is 10.3 Å². The minimum absolute atomic E-state index is 0.0914. The highest BCUT2D eigenvalue weighted by atomic mass is 35.5. The van der Waals surface area contributed by atoms with Crippen molar-refractivity contribution in [2.24, 2.45) is 0 Å². The molecule has 0 spiro atoms. The van der Waals surface area contributed by atoms with Crippen molar-refractivity contribution in [1.82, 2.24) is 4.90 Å². The van der Waals surface area contributed by atoms with Gasteiger partial charge in [-0.3, -0.25) is 4.90 Å². The molecule has 0 radical (unpaired) electrons. The van der Waals surface area contributed by atoms with Gasteiger partial charge in [0.15, 0.2) is 0 Å². The van der Waals surface area contributed by atoms with Gasteiger partial charge in [-0.05, 0) is 42.3 Å². The number of benzene rings is 2. The monoisotopic (exact) mass is 375 g/mol. The molecule has 2 aromatic rings. The highest BCUT2D eigenvalue weighted by molar-refractivity contribution is 6.30. The Morgan fingerprint density at radius 2 is 1.73 bits per heavy atom. The van der Waals surface area contributed by atoms with Crippen LogP contribution in [0.2, 0.25) is 5.02 Å². The standard InChI is InChI=1S/C21H26ClNO3/c1-21(24,17-5-9-19(25-2)10-6-17)20(15-23-11-13-26-14-12-23)16-3-7-18(22)8-4-16/h3-10,20,24H,11-15H2,1-2H3/t20-,21-/m1/s1. The number of ether oxygens (including phenoxy) is 2. The fraction of sp³-hybridized carbons (Fsp3) is 0.429. The fourth-order valence-corrected chi connectivity index (χ4v) is 3.60. The molecule has 0 bridgehead atoms. The number of nitrogens with zero attached hydrogens (tertiary/aromatic N) is 1. The molecule has 0 unspecified atom stereocenters. The molecule has 0 saturated carbocycles. The average Bonchev–Trinajstić information content (AvgIpc) is 2.68. The van der Waals surface area contributed by atoms with Gasteiger partial charge in [-0.25, -0.2) is 0 Å². The third-order valence-electron chi connectivity index (χ3n) is 5.17. The lowest BCUT2D eigenvalue weighted by atomic mass is 9.78. The Morgan fingerprint density at radius 1 is 1.12 bits per heavy atom. The number of hydrogen-bond acceptors (Lipinski definition) is 4. The van der Waals surface area contributed by atoms with Crippen molar-refractivity contribution in [2.75, 3.05) is 40.0 Å². The van der Waals surface area contributed by atoms with Gasteiger partial charge >= 0.3 is 0 Å². The van der Waals surface area contributed by atoms with Gasteiger partial charge in [0.2, 0.25) is 0 Å². The van der Waals surface area contributed by atoms with Crippen molar-refractivity contribution in [2.45, 2.75) is 18.4 Å². The summed E-state index contributed by atoms with van der Waals surface area (Å²) < 4.78 is 10.7. The van der Waals surface area contributed by atoms with Gasteiger partial charge in [-0.2, -0.15) is 0 Å². The van der Waals surface area contributed by atoms with Crippen molar-refractivity contribution >= 4 is 11.6 Å². The van der Waals surface area contributed by atoms with E-state index in [4.69, 9.17) is 21.1 Å². The predicted molar refractivity (Wildman–Crippen MR) is 104 cm³/mol. The van der Waals surface area contributed by atoms with Crippen LogP contribution in [0.3, 0.4) is 0 Å². The van der Waals surface area contributed by atoms with Crippen LogP contribution in [-0.4, -0.2) is 50.0 Å². The molecule has 4 nitrogen and oxygen atoms in total. The van der Waals surface area contributed by atoms with Crippen LogP contribution in [0.25, 0.3) is 0 Å². The van der Waals surface area contributed by atoms with E-state index in [0.29, 0.717) is 5.02 Å². The minimum Gasteiger partial charge on any atom is -0.497 e. The van der Waals surface area contributed by atoms with Crippen molar-refractivity contribution in [3.63, 3.8) is 0 Å². The zero-order chi connectivity index (χ0) is 18.6. The molecule has 0 aliphatic carbocycles. The smallest absolute Gasteiger partial charge is 0.118 e. The summed E-state index contributed by atoms with van der Waals surface area (Å²) in [7, 11) is 1.64. The Labute approximate surface area is 160 Å². The fourth-order valence-electron chi connectivity index (χ4n) is 3.47. The van der Waals surface area contributed by atoms with Gasteiger partial charge in [0.25, 0.3) is 0 Å². The van der Waals surface area contributed by atoms with Crippen LogP contribution in [0, 0.1) is 0 Å². The van der Waals surface area contributed by atoms with E-state index in [0.717, 1.165) is 49.7 Å². The van der Waals surface area contributed by atoms with Crippen molar-refractivity contribution < 1.29 is 14.6 Å². The lowest BCUT2D eigenvalue weighted by Gasteiger charge is -2.38. The lowest BCUT2D eigenvalue weighted by Crippen LogP contribution is -2.43. The highest BCUT2D eigenvalue weighted by Crippen LogP contribution is 2.38. The Balaban J connectivity index is 1.92. The molecule has 1 aliphatic heterocycles. The second kappa shape index (κ2) is 8.40. The first-order chi connectivity index (χ1) is 12.5. The van der Waals surface area contributed by atoms with Gasteiger partial charge in [-0.15, -0.1) is 0 Å². The van der Waals surface area contributed by atoms with Gasteiger partial charge in [-0.1, -0.05) is 35.9 Å². The van der Waals surface area contributed by atoms with Crippen LogP contribution in [0.5, 0.6) is 5.75 Å². The summed E-state index contributed by atoms with van der Waals surface area (Å²) in [6, 6.07) is 15.4. The average molecular weight is 376 g/mol. The maximum absolute atomic E-state index is 11.5. The van der Waals surface area contributed by atoms with Crippen molar-refractivity contribution in [3.05, 3.63) is 64.7 Å². The number of aliphatic hydroxyl groups is 1. The van der Waals surface area contributed by atoms with E-state index >= 15 is 0 Å². The third kappa shape index (κ3) is 4.38. The first-order valence-corrected chi connectivity index (χ1v) is 9.31. The maximum atomic E-state index is 11.5. The second-order valence-electron chi connectivity index (χ2n) is 6.89. The summed E-state index contributed by atoms with van der Waals surface area (Å²) in [5.41, 5.74) is 0.909. The van der Waals surface area contributed by atoms with E-state index in [1.54, 1.807) is 7.11 Å². The molecular weight excluding hydrogens is 350 g/mol. The van der Waals surface area contributed by atoms with Gasteiger partial charge in [0.1, 0.15) is 5.75 Å². The Kier molecular flexibility index (Phi) is 6.20. The van der Waals surface area contributed by atoms with Crippen LogP contribution in [0.15, 0.2) is 48.5 Å². The van der Waals surface area contributed by atoms with Crippen LogP contribution >= 0.6 is 11.6 Å². The zero-order valence-corrected chi connectivity index (χ0v) is 16.1. The first kappa shape index (κ1) is 19.2. The molecule has 1 aliphatic rings. The summed E-state index contributed by atoms with van der Waals surface area (Å²) in [4.78, 5) is 2.35. The second-order valence-corrected chi connectivity index (χ2v) is 7.33. The summed E-state index contributed by atoms with van der Waals surface area (Å²) in [6.45, 7) is 5.86. The SMILES string of the molecule is COc1ccc([C@@](C)(O)[C@H](CN2CCOCC2)c2ccc(Cl)cc2)cc1. The first-order valence-electron chi connectivity index (χ1n) is 8.93. The molecule has 1 fully saturated rings. The predicted octanol–water partition coefficient (Wildman–Crippen LogP) is 3.67. The molecule has 26 heavy (non-hydrogen) atoms. The molecule has 0 aromatic heterocycles.